The molecule has 5 nitrogen and oxygen atoms in total. The minimum atomic E-state index is -0.333. The first kappa shape index (κ1) is 17.4. The standard InChI is InChI=1S/C16H15BrN2O3S/c1-2-22-14(20)9-12-10-23-16(18-12)19-15(21)13(17)8-11-6-4-3-5-7-11/h3-8,10H,2,9H2,1H3,(H,18,19,21)/b13-8-. The molecule has 0 aliphatic rings. The highest BCUT2D eigenvalue weighted by molar-refractivity contribution is 9.12. The van der Waals surface area contributed by atoms with Crippen LogP contribution in [0, 0.1) is 0 Å². The Kier molecular flexibility index (Phi) is 6.49. The quantitative estimate of drug-likeness (QED) is 0.599. The number of halogens is 1. The number of carbonyl (C=O) groups excluding carboxylic acids is 2. The van der Waals surface area contributed by atoms with E-state index in [-0.39, 0.29) is 18.3 Å². The maximum atomic E-state index is 12.1. The van der Waals surface area contributed by atoms with Gasteiger partial charge in [-0.3, -0.25) is 14.9 Å². The summed E-state index contributed by atoms with van der Waals surface area (Å²) in [6, 6.07) is 9.50. The Hall–Kier alpha value is -1.99. The Morgan fingerprint density at radius 1 is 1.35 bits per heavy atom. The number of nitrogens with zero attached hydrogens (tertiary/aromatic N) is 1. The fourth-order valence-electron chi connectivity index (χ4n) is 1.72. The molecule has 0 fully saturated rings. The highest BCUT2D eigenvalue weighted by Gasteiger charge is 2.12. The SMILES string of the molecule is CCOC(=O)Cc1csc(NC(=O)/C(Br)=C/c2ccccc2)n1. The monoisotopic (exact) mass is 394 g/mol. The molecule has 0 aliphatic heterocycles. The van der Waals surface area contributed by atoms with Crippen LogP contribution in [0.1, 0.15) is 18.2 Å². The lowest BCUT2D eigenvalue weighted by Crippen LogP contribution is -2.11. The molecule has 0 radical (unpaired) electrons. The minimum Gasteiger partial charge on any atom is -0.466 e. The van der Waals surface area contributed by atoms with Gasteiger partial charge in [-0.15, -0.1) is 11.3 Å². The van der Waals surface area contributed by atoms with E-state index in [1.165, 1.54) is 11.3 Å². The summed E-state index contributed by atoms with van der Waals surface area (Å²) >= 11 is 4.52. The van der Waals surface area contributed by atoms with Crippen LogP contribution in [0.5, 0.6) is 0 Å². The molecule has 0 bridgehead atoms. The van der Waals surface area contributed by atoms with Gasteiger partial charge in [0.25, 0.3) is 5.91 Å². The van der Waals surface area contributed by atoms with Crippen molar-refractivity contribution in [3.8, 4) is 0 Å². The van der Waals surface area contributed by atoms with E-state index in [1.807, 2.05) is 30.3 Å². The minimum absolute atomic E-state index is 0.0984. The highest BCUT2D eigenvalue weighted by atomic mass is 79.9. The van der Waals surface area contributed by atoms with Gasteiger partial charge in [-0.2, -0.15) is 0 Å². The molecule has 1 amide bonds. The fraction of sp³-hybridized carbons (Fsp3) is 0.188. The number of carbonyl (C=O) groups is 2. The lowest BCUT2D eigenvalue weighted by molar-refractivity contribution is -0.142. The molecule has 0 atom stereocenters. The summed E-state index contributed by atoms with van der Waals surface area (Å²) in [6.07, 6.45) is 1.82. The number of rotatable bonds is 6. The number of hydrogen-bond acceptors (Lipinski definition) is 5. The number of benzene rings is 1. The van der Waals surface area contributed by atoms with Crippen LogP contribution in [0.25, 0.3) is 6.08 Å². The molecule has 120 valence electrons. The Morgan fingerprint density at radius 3 is 2.78 bits per heavy atom. The van der Waals surface area contributed by atoms with Gasteiger partial charge in [0.15, 0.2) is 5.13 Å². The number of hydrogen-bond donors (Lipinski definition) is 1. The molecule has 2 aromatic rings. The van der Waals surface area contributed by atoms with Crippen LogP contribution < -0.4 is 5.32 Å². The molecule has 1 aromatic heterocycles. The van der Waals surface area contributed by atoms with Crippen LogP contribution in [0.4, 0.5) is 5.13 Å². The van der Waals surface area contributed by atoms with Crippen molar-refractivity contribution < 1.29 is 14.3 Å². The Morgan fingerprint density at radius 2 is 2.09 bits per heavy atom. The third-order valence-electron chi connectivity index (χ3n) is 2.71. The maximum absolute atomic E-state index is 12.1. The summed E-state index contributed by atoms with van der Waals surface area (Å²) in [5.74, 6) is -0.633. The van der Waals surface area contributed by atoms with Crippen molar-refractivity contribution in [2.45, 2.75) is 13.3 Å². The van der Waals surface area contributed by atoms with Crippen LogP contribution in [0.3, 0.4) is 0 Å². The van der Waals surface area contributed by atoms with Gasteiger partial charge in [0.2, 0.25) is 0 Å². The first-order chi connectivity index (χ1) is 11.1. The van der Waals surface area contributed by atoms with Gasteiger partial charge >= 0.3 is 5.97 Å². The van der Waals surface area contributed by atoms with Gasteiger partial charge in [0.1, 0.15) is 0 Å². The van der Waals surface area contributed by atoms with Crippen molar-refractivity contribution in [3.05, 3.63) is 51.5 Å². The van der Waals surface area contributed by atoms with E-state index >= 15 is 0 Å². The summed E-state index contributed by atoms with van der Waals surface area (Å²) in [7, 11) is 0. The van der Waals surface area contributed by atoms with Crippen molar-refractivity contribution in [2.24, 2.45) is 0 Å². The number of thiazole rings is 1. The molecule has 0 saturated carbocycles. The molecular formula is C16H15BrN2O3S. The van der Waals surface area contributed by atoms with Crippen molar-refractivity contribution in [2.75, 3.05) is 11.9 Å². The van der Waals surface area contributed by atoms with E-state index in [1.54, 1.807) is 18.4 Å². The molecule has 2 rings (SSSR count). The normalized spacial score (nSPS) is 11.1. The zero-order valence-corrected chi connectivity index (χ0v) is 14.8. The third kappa shape index (κ3) is 5.61. The van der Waals surface area contributed by atoms with E-state index in [2.05, 4.69) is 26.2 Å². The van der Waals surface area contributed by atoms with Crippen LogP contribution in [0.15, 0.2) is 40.2 Å². The largest absolute Gasteiger partial charge is 0.466 e. The number of nitrogens with one attached hydrogen (secondary N) is 1. The van der Waals surface area contributed by atoms with E-state index in [4.69, 9.17) is 4.74 Å². The Bertz CT molecular complexity index is 713. The van der Waals surface area contributed by atoms with Crippen molar-refractivity contribution >= 4 is 50.4 Å². The third-order valence-corrected chi connectivity index (χ3v) is 4.11. The Balaban J connectivity index is 1.96. The van der Waals surface area contributed by atoms with Crippen LogP contribution in [-0.2, 0) is 20.7 Å². The lowest BCUT2D eigenvalue weighted by atomic mass is 10.2. The number of ether oxygens (including phenoxy) is 1. The summed E-state index contributed by atoms with van der Waals surface area (Å²) in [6.45, 7) is 2.09. The second-order valence-corrected chi connectivity index (χ2v) is 6.20. The second kappa shape index (κ2) is 8.59. The van der Waals surface area contributed by atoms with Gasteiger partial charge in [-0.05, 0) is 34.5 Å². The predicted molar refractivity (Wildman–Crippen MR) is 94.4 cm³/mol. The number of amides is 1. The second-order valence-electron chi connectivity index (χ2n) is 4.48. The summed E-state index contributed by atoms with van der Waals surface area (Å²) in [5, 5.41) is 4.85. The molecule has 1 aromatic carbocycles. The highest BCUT2D eigenvalue weighted by Crippen LogP contribution is 2.19. The molecule has 0 unspecified atom stereocenters. The van der Waals surface area contributed by atoms with Crippen molar-refractivity contribution in [1.29, 1.82) is 0 Å². The van der Waals surface area contributed by atoms with Gasteiger partial charge in [0, 0.05) is 5.38 Å². The molecular weight excluding hydrogens is 380 g/mol. The van der Waals surface area contributed by atoms with Gasteiger partial charge in [-0.1, -0.05) is 30.3 Å². The summed E-state index contributed by atoms with van der Waals surface area (Å²) in [4.78, 5) is 27.7. The van der Waals surface area contributed by atoms with E-state index in [9.17, 15) is 9.59 Å². The summed E-state index contributed by atoms with van der Waals surface area (Å²) in [5.41, 5.74) is 1.49. The zero-order chi connectivity index (χ0) is 16.7. The van der Waals surface area contributed by atoms with Crippen molar-refractivity contribution in [1.82, 2.24) is 4.98 Å². The van der Waals surface area contributed by atoms with Gasteiger partial charge < -0.3 is 4.74 Å². The first-order valence-corrected chi connectivity index (χ1v) is 8.59. The number of anilines is 1. The van der Waals surface area contributed by atoms with Crippen LogP contribution in [0.2, 0.25) is 0 Å². The lowest BCUT2D eigenvalue weighted by Gasteiger charge is -2.01. The first-order valence-electron chi connectivity index (χ1n) is 6.92. The van der Waals surface area contributed by atoms with Crippen LogP contribution in [-0.4, -0.2) is 23.5 Å². The predicted octanol–water partition coefficient (Wildman–Crippen LogP) is 3.62. The molecule has 7 heteroatoms. The topological polar surface area (TPSA) is 68.3 Å². The molecule has 0 spiro atoms. The number of aromatic nitrogens is 1. The van der Waals surface area contributed by atoms with Crippen molar-refractivity contribution in [3.63, 3.8) is 0 Å². The molecule has 0 saturated heterocycles. The Labute approximate surface area is 146 Å². The van der Waals surface area contributed by atoms with E-state index in [0.29, 0.717) is 21.9 Å². The van der Waals surface area contributed by atoms with Crippen LogP contribution >= 0.6 is 27.3 Å². The maximum Gasteiger partial charge on any atom is 0.311 e. The molecule has 1 N–H and O–H groups in total. The average molecular weight is 395 g/mol. The number of esters is 1. The zero-order valence-electron chi connectivity index (χ0n) is 12.4. The molecule has 0 aliphatic carbocycles. The average Bonchev–Trinajstić information content (AvgIpc) is 2.95. The molecule has 1 heterocycles. The fourth-order valence-corrected chi connectivity index (χ4v) is 2.79. The van der Waals surface area contributed by atoms with Gasteiger partial charge in [-0.25, -0.2) is 4.98 Å². The molecule has 23 heavy (non-hydrogen) atoms. The van der Waals surface area contributed by atoms with E-state index < -0.39 is 0 Å². The van der Waals surface area contributed by atoms with E-state index in [0.717, 1.165) is 5.56 Å². The van der Waals surface area contributed by atoms with Gasteiger partial charge in [0.05, 0.1) is 23.2 Å². The smallest absolute Gasteiger partial charge is 0.311 e. The summed E-state index contributed by atoms with van der Waals surface area (Å²) < 4.78 is 5.26.